The number of anilines is 1. The number of sulfonamides is 1. The first kappa shape index (κ1) is 22.4. The Morgan fingerprint density at radius 2 is 1.88 bits per heavy atom. The molecule has 0 saturated carbocycles. The van der Waals surface area contributed by atoms with E-state index >= 15 is 0 Å². The zero-order chi connectivity index (χ0) is 22.7. The number of thiazole rings is 1. The average Bonchev–Trinajstić information content (AvgIpc) is 3.28. The van der Waals surface area contributed by atoms with Crippen LogP contribution in [0.15, 0.2) is 58.8 Å². The number of methoxy groups -OCH3 is 1. The number of carbonyl (C=O) groups is 1. The van der Waals surface area contributed by atoms with Gasteiger partial charge >= 0.3 is 0 Å². The summed E-state index contributed by atoms with van der Waals surface area (Å²) in [4.78, 5) is 17.4. The quantitative estimate of drug-likeness (QED) is 0.579. The Kier molecular flexibility index (Phi) is 6.54. The van der Waals surface area contributed by atoms with Gasteiger partial charge in [-0.05, 0) is 61.4 Å². The first-order valence-electron chi connectivity index (χ1n) is 10.1. The first-order chi connectivity index (χ1) is 15.4. The van der Waals surface area contributed by atoms with Gasteiger partial charge in [0.25, 0.3) is 0 Å². The first-order valence-corrected chi connectivity index (χ1v) is 12.4. The summed E-state index contributed by atoms with van der Waals surface area (Å²) in [5, 5.41) is 4.98. The van der Waals surface area contributed by atoms with Gasteiger partial charge in [0.2, 0.25) is 15.9 Å². The molecule has 0 spiro atoms. The molecule has 2 aromatic carbocycles. The van der Waals surface area contributed by atoms with E-state index in [9.17, 15) is 17.6 Å². The van der Waals surface area contributed by atoms with E-state index in [0.29, 0.717) is 23.7 Å². The molecule has 0 aliphatic carbocycles. The Balaban J connectivity index is 1.51. The Bertz CT molecular complexity index is 1190. The summed E-state index contributed by atoms with van der Waals surface area (Å²) >= 11 is 1.27. The second-order valence-electron chi connectivity index (χ2n) is 7.34. The lowest BCUT2D eigenvalue weighted by Crippen LogP contribution is -2.49. The van der Waals surface area contributed by atoms with E-state index in [1.807, 2.05) is 29.6 Å². The maximum absolute atomic E-state index is 13.2. The summed E-state index contributed by atoms with van der Waals surface area (Å²) < 4.78 is 45.8. The van der Waals surface area contributed by atoms with Crippen LogP contribution in [-0.4, -0.2) is 43.3 Å². The molecule has 3 aromatic rings. The lowest BCUT2D eigenvalue weighted by molar-refractivity contribution is -0.120. The second kappa shape index (κ2) is 9.35. The van der Waals surface area contributed by atoms with Crippen LogP contribution < -0.4 is 10.1 Å². The number of benzene rings is 2. The van der Waals surface area contributed by atoms with Gasteiger partial charge in [0.05, 0.1) is 17.7 Å². The Labute approximate surface area is 189 Å². The molecule has 1 fully saturated rings. The fourth-order valence-corrected chi connectivity index (χ4v) is 5.99. The SMILES string of the molecule is COc1ccc(-c2csc(NC(=O)[C@H]3CCCCN3S(=O)(=O)c3ccc(F)cc3)n2)cc1. The normalized spacial score (nSPS) is 17.1. The average molecular weight is 476 g/mol. The zero-order valence-corrected chi connectivity index (χ0v) is 19.0. The summed E-state index contributed by atoms with van der Waals surface area (Å²) in [6.07, 6.45) is 1.80. The monoisotopic (exact) mass is 475 g/mol. The predicted molar refractivity (Wildman–Crippen MR) is 121 cm³/mol. The van der Waals surface area contributed by atoms with E-state index < -0.39 is 27.8 Å². The molecule has 10 heteroatoms. The van der Waals surface area contributed by atoms with Crippen LogP contribution in [0.2, 0.25) is 0 Å². The van der Waals surface area contributed by atoms with Gasteiger partial charge in [-0.3, -0.25) is 4.79 Å². The van der Waals surface area contributed by atoms with E-state index in [1.54, 1.807) is 7.11 Å². The molecule has 0 bridgehead atoms. The van der Waals surface area contributed by atoms with Crippen molar-refractivity contribution in [1.29, 1.82) is 0 Å². The standard InChI is InChI=1S/C22H22FN3O4S2/c1-30-17-9-5-15(6-10-17)19-14-31-22(24-19)25-21(27)20-4-2-3-13-26(20)32(28,29)18-11-7-16(23)8-12-18/h5-12,14,20H,2-4,13H2,1H3,(H,24,25,27)/t20-/m1/s1. The van der Waals surface area contributed by atoms with E-state index in [0.717, 1.165) is 29.9 Å². The number of nitrogens with one attached hydrogen (secondary N) is 1. The van der Waals surface area contributed by atoms with Crippen molar-refractivity contribution in [1.82, 2.24) is 9.29 Å². The molecule has 1 atom stereocenters. The number of rotatable bonds is 6. The molecule has 1 aliphatic rings. The molecule has 4 rings (SSSR count). The largest absolute Gasteiger partial charge is 0.497 e. The maximum atomic E-state index is 13.2. The minimum atomic E-state index is -3.93. The van der Waals surface area contributed by atoms with Crippen molar-refractivity contribution in [2.75, 3.05) is 19.0 Å². The van der Waals surface area contributed by atoms with Crippen LogP contribution in [0.3, 0.4) is 0 Å². The fraction of sp³-hybridized carbons (Fsp3) is 0.273. The molecule has 1 aromatic heterocycles. The van der Waals surface area contributed by atoms with Crippen LogP contribution in [0.1, 0.15) is 19.3 Å². The van der Waals surface area contributed by atoms with Gasteiger partial charge in [-0.2, -0.15) is 4.31 Å². The molecular weight excluding hydrogens is 453 g/mol. The highest BCUT2D eigenvalue weighted by Gasteiger charge is 2.37. The molecule has 0 unspecified atom stereocenters. The summed E-state index contributed by atoms with van der Waals surface area (Å²) in [6, 6.07) is 11.2. The number of hydrogen-bond donors (Lipinski definition) is 1. The highest BCUT2D eigenvalue weighted by atomic mass is 32.2. The van der Waals surface area contributed by atoms with Crippen LogP contribution in [-0.2, 0) is 14.8 Å². The third-order valence-corrected chi connectivity index (χ3v) is 7.98. The Morgan fingerprint density at radius 3 is 2.56 bits per heavy atom. The van der Waals surface area contributed by atoms with Crippen molar-refractivity contribution in [3.8, 4) is 17.0 Å². The van der Waals surface area contributed by atoms with Crippen molar-refractivity contribution in [2.45, 2.75) is 30.2 Å². The zero-order valence-electron chi connectivity index (χ0n) is 17.3. The van der Waals surface area contributed by atoms with E-state index in [-0.39, 0.29) is 11.4 Å². The molecule has 1 amide bonds. The van der Waals surface area contributed by atoms with E-state index in [2.05, 4.69) is 10.3 Å². The molecule has 7 nitrogen and oxygen atoms in total. The van der Waals surface area contributed by atoms with Gasteiger partial charge in [0, 0.05) is 17.5 Å². The number of amides is 1. The topological polar surface area (TPSA) is 88.6 Å². The van der Waals surface area contributed by atoms with Gasteiger partial charge in [0.15, 0.2) is 5.13 Å². The smallest absolute Gasteiger partial charge is 0.244 e. The number of piperidine rings is 1. The van der Waals surface area contributed by atoms with Crippen LogP contribution in [0.25, 0.3) is 11.3 Å². The van der Waals surface area contributed by atoms with Crippen LogP contribution >= 0.6 is 11.3 Å². The van der Waals surface area contributed by atoms with Crippen molar-refractivity contribution >= 4 is 32.4 Å². The summed E-state index contributed by atoms with van der Waals surface area (Å²) in [5.74, 6) is -0.211. The third-order valence-electron chi connectivity index (χ3n) is 5.30. The predicted octanol–water partition coefficient (Wildman–Crippen LogP) is 4.14. The summed E-state index contributed by atoms with van der Waals surface area (Å²) in [6.45, 7) is 0.229. The molecule has 1 saturated heterocycles. The number of halogens is 1. The molecule has 168 valence electrons. The van der Waals surface area contributed by atoms with Crippen LogP contribution in [0.4, 0.5) is 9.52 Å². The molecule has 0 radical (unpaired) electrons. The molecule has 1 N–H and O–H groups in total. The van der Waals surface area contributed by atoms with E-state index in [1.165, 1.54) is 27.8 Å². The van der Waals surface area contributed by atoms with Gasteiger partial charge in [-0.15, -0.1) is 11.3 Å². The van der Waals surface area contributed by atoms with Gasteiger partial charge in [-0.1, -0.05) is 6.42 Å². The van der Waals surface area contributed by atoms with Crippen molar-refractivity contribution < 1.29 is 22.3 Å². The van der Waals surface area contributed by atoms with Gasteiger partial charge < -0.3 is 10.1 Å². The summed E-state index contributed by atoms with van der Waals surface area (Å²) in [5.41, 5.74) is 1.58. The molecular formula is C22H22FN3O4S2. The number of carbonyl (C=O) groups excluding carboxylic acids is 1. The third kappa shape index (κ3) is 4.67. The van der Waals surface area contributed by atoms with Crippen molar-refractivity contribution in [2.24, 2.45) is 0 Å². The van der Waals surface area contributed by atoms with Crippen molar-refractivity contribution in [3.05, 3.63) is 59.7 Å². The minimum absolute atomic E-state index is 0.0327. The lowest BCUT2D eigenvalue weighted by Gasteiger charge is -2.33. The Hall–Kier alpha value is -2.82. The molecule has 32 heavy (non-hydrogen) atoms. The molecule has 2 heterocycles. The second-order valence-corrected chi connectivity index (χ2v) is 10.1. The van der Waals surface area contributed by atoms with Crippen LogP contribution in [0.5, 0.6) is 5.75 Å². The number of ether oxygens (including phenoxy) is 1. The van der Waals surface area contributed by atoms with E-state index in [4.69, 9.17) is 4.74 Å². The summed E-state index contributed by atoms with van der Waals surface area (Å²) in [7, 11) is -2.34. The Morgan fingerprint density at radius 1 is 1.16 bits per heavy atom. The lowest BCUT2D eigenvalue weighted by atomic mass is 10.0. The molecule has 1 aliphatic heterocycles. The maximum Gasteiger partial charge on any atom is 0.244 e. The van der Waals surface area contributed by atoms with Crippen molar-refractivity contribution in [3.63, 3.8) is 0 Å². The number of hydrogen-bond acceptors (Lipinski definition) is 6. The minimum Gasteiger partial charge on any atom is -0.497 e. The van der Waals surface area contributed by atoms with Crippen LogP contribution in [0, 0.1) is 5.82 Å². The van der Waals surface area contributed by atoms with Gasteiger partial charge in [0.1, 0.15) is 17.6 Å². The number of nitrogens with zero attached hydrogens (tertiary/aromatic N) is 2. The van der Waals surface area contributed by atoms with Gasteiger partial charge in [-0.25, -0.2) is 17.8 Å². The number of aromatic nitrogens is 1. The fourth-order valence-electron chi connectivity index (χ4n) is 3.61. The highest BCUT2D eigenvalue weighted by molar-refractivity contribution is 7.89. The highest BCUT2D eigenvalue weighted by Crippen LogP contribution is 2.29.